The van der Waals surface area contributed by atoms with Gasteiger partial charge >= 0.3 is 0 Å². The van der Waals surface area contributed by atoms with Crippen molar-refractivity contribution in [2.45, 2.75) is 49.0 Å². The Morgan fingerprint density at radius 2 is 1.65 bits per heavy atom. The fourth-order valence-corrected chi connectivity index (χ4v) is 3.36. The fourth-order valence-electron chi connectivity index (χ4n) is 3.05. The van der Waals surface area contributed by atoms with E-state index in [1.54, 1.807) is 0 Å². The third-order valence-electron chi connectivity index (χ3n) is 4.90. The van der Waals surface area contributed by atoms with Crippen molar-refractivity contribution in [1.82, 2.24) is 9.97 Å². The van der Waals surface area contributed by atoms with Crippen LogP contribution in [0.2, 0.25) is 10.0 Å². The minimum Gasteiger partial charge on any atom is -0.394 e. The molecule has 0 amide bonds. The number of rotatable bonds is 7. The molecule has 1 aromatic heterocycles. The van der Waals surface area contributed by atoms with Gasteiger partial charge in [-0.1, -0.05) is 23.2 Å². The second-order valence-corrected chi connectivity index (χ2v) is 7.90. The molecule has 13 heteroatoms. The lowest BCUT2D eigenvalue weighted by Gasteiger charge is -2.40. The molecule has 0 unspecified atom stereocenters. The summed E-state index contributed by atoms with van der Waals surface area (Å²) in [5, 5.41) is 69.9. The van der Waals surface area contributed by atoms with Gasteiger partial charge in [-0.3, -0.25) is 4.98 Å². The first-order chi connectivity index (χ1) is 14.6. The molecule has 1 saturated heterocycles. The Kier molecular flexibility index (Phi) is 8.00. The maximum absolute atomic E-state index is 10.4. The maximum Gasteiger partial charge on any atom is 0.186 e. The second-order valence-electron chi connectivity index (χ2n) is 7.08. The molecule has 0 saturated carbocycles. The average Bonchev–Trinajstić information content (AvgIpc) is 2.76. The number of aromatic nitrogens is 2. The van der Waals surface area contributed by atoms with Crippen molar-refractivity contribution in [3.8, 4) is 0 Å². The van der Waals surface area contributed by atoms with Crippen LogP contribution < -0.4 is 0 Å². The van der Waals surface area contributed by atoms with Crippen LogP contribution in [0.4, 0.5) is 0 Å². The Hall–Kier alpha value is -1.22. The van der Waals surface area contributed by atoms with Gasteiger partial charge in [-0.2, -0.15) is 0 Å². The molecule has 0 spiro atoms. The minimum atomic E-state index is -1.76. The van der Waals surface area contributed by atoms with Crippen LogP contribution in [0.25, 0.3) is 11.0 Å². The summed E-state index contributed by atoms with van der Waals surface area (Å²) in [6.07, 6.45) is -11.5. The molecular weight excluding hydrogens is 459 g/mol. The Labute approximate surface area is 186 Å². The molecule has 1 aliphatic heterocycles. The summed E-state index contributed by atoms with van der Waals surface area (Å²) in [7, 11) is 0. The number of ether oxygens (including phenoxy) is 2. The molecule has 0 bridgehead atoms. The van der Waals surface area contributed by atoms with Gasteiger partial charge in [0.15, 0.2) is 6.29 Å². The fraction of sp³-hybridized carbons (Fsp3) is 0.556. The Morgan fingerprint density at radius 1 is 1.00 bits per heavy atom. The quantitative estimate of drug-likeness (QED) is 0.244. The molecule has 1 fully saturated rings. The normalized spacial score (nSPS) is 29.6. The summed E-state index contributed by atoms with van der Waals surface area (Å²) in [5.74, 6) is 0. The first-order valence-electron chi connectivity index (χ1n) is 9.22. The highest BCUT2D eigenvalue weighted by molar-refractivity contribution is 6.42. The molecule has 2 heterocycles. The Morgan fingerprint density at radius 3 is 2.29 bits per heavy atom. The molecular formula is C18H22Cl2N2O9. The van der Waals surface area contributed by atoms with Crippen LogP contribution >= 0.6 is 23.2 Å². The van der Waals surface area contributed by atoms with E-state index < -0.39 is 62.2 Å². The Balaban J connectivity index is 1.65. The highest BCUT2D eigenvalue weighted by Gasteiger charge is 2.44. The van der Waals surface area contributed by atoms with Gasteiger partial charge in [0.25, 0.3) is 0 Å². The summed E-state index contributed by atoms with van der Waals surface area (Å²) < 4.78 is 10.3. The van der Waals surface area contributed by atoms with E-state index >= 15 is 0 Å². The first-order valence-corrected chi connectivity index (χ1v) is 9.97. The van der Waals surface area contributed by atoms with Gasteiger partial charge in [0.1, 0.15) is 42.7 Å². The highest BCUT2D eigenvalue weighted by atomic mass is 35.5. The van der Waals surface area contributed by atoms with E-state index in [-0.39, 0.29) is 15.7 Å². The lowest BCUT2D eigenvalue weighted by Crippen LogP contribution is -2.59. The molecule has 3 rings (SSSR count). The van der Waals surface area contributed by atoms with Gasteiger partial charge in [0, 0.05) is 0 Å². The zero-order valence-corrected chi connectivity index (χ0v) is 17.4. The van der Waals surface area contributed by atoms with Gasteiger partial charge < -0.3 is 45.2 Å². The highest BCUT2D eigenvalue weighted by Crippen LogP contribution is 2.28. The van der Waals surface area contributed by atoms with Gasteiger partial charge in [0.05, 0.1) is 46.2 Å². The number of halogens is 2. The monoisotopic (exact) mass is 480 g/mol. The minimum absolute atomic E-state index is 0.0507. The van der Waals surface area contributed by atoms with Crippen LogP contribution in [-0.4, -0.2) is 102 Å². The van der Waals surface area contributed by atoms with Crippen molar-refractivity contribution >= 4 is 34.2 Å². The van der Waals surface area contributed by atoms with Crippen molar-refractivity contribution in [1.29, 1.82) is 0 Å². The number of aliphatic hydroxyl groups excluding tert-OH is 7. The molecule has 2 aromatic rings. The van der Waals surface area contributed by atoms with Gasteiger partial charge in [-0.25, -0.2) is 4.98 Å². The van der Waals surface area contributed by atoms with Crippen molar-refractivity contribution < 1.29 is 45.2 Å². The second kappa shape index (κ2) is 10.1. The number of nitrogens with zero attached hydrogens (tertiary/aromatic N) is 2. The van der Waals surface area contributed by atoms with E-state index in [1.807, 2.05) is 0 Å². The first kappa shape index (κ1) is 24.4. The van der Waals surface area contributed by atoms with E-state index in [1.165, 1.54) is 18.3 Å². The molecule has 31 heavy (non-hydrogen) atoms. The lowest BCUT2D eigenvalue weighted by molar-refractivity contribution is -0.306. The van der Waals surface area contributed by atoms with E-state index in [0.717, 1.165) is 0 Å². The number of hydrogen-bond acceptors (Lipinski definition) is 11. The van der Waals surface area contributed by atoms with Crippen molar-refractivity contribution in [2.24, 2.45) is 0 Å². The molecule has 172 valence electrons. The van der Waals surface area contributed by atoms with Gasteiger partial charge in [-0.05, 0) is 12.1 Å². The summed E-state index contributed by atoms with van der Waals surface area (Å²) >= 11 is 11.9. The van der Waals surface area contributed by atoms with Crippen LogP contribution in [0.5, 0.6) is 0 Å². The van der Waals surface area contributed by atoms with Crippen LogP contribution in [0.3, 0.4) is 0 Å². The van der Waals surface area contributed by atoms with Crippen LogP contribution in [0.1, 0.15) is 11.8 Å². The largest absolute Gasteiger partial charge is 0.394 e. The van der Waals surface area contributed by atoms with Crippen molar-refractivity contribution in [2.75, 3.05) is 13.2 Å². The van der Waals surface area contributed by atoms with Crippen molar-refractivity contribution in [3.63, 3.8) is 0 Å². The van der Waals surface area contributed by atoms with E-state index in [2.05, 4.69) is 9.97 Å². The number of benzene rings is 1. The Bertz CT molecular complexity index is 906. The average molecular weight is 481 g/mol. The molecule has 11 nitrogen and oxygen atoms in total. The van der Waals surface area contributed by atoms with Gasteiger partial charge in [0.2, 0.25) is 0 Å². The number of aliphatic hydroxyl groups is 7. The third-order valence-corrected chi connectivity index (χ3v) is 5.63. The lowest BCUT2D eigenvalue weighted by atomic mass is 9.99. The van der Waals surface area contributed by atoms with Crippen LogP contribution in [-0.2, 0) is 9.47 Å². The zero-order valence-electron chi connectivity index (χ0n) is 15.9. The topological polar surface area (TPSA) is 186 Å². The van der Waals surface area contributed by atoms with E-state index in [9.17, 15) is 35.7 Å². The third kappa shape index (κ3) is 5.24. The summed E-state index contributed by atoms with van der Waals surface area (Å²) in [5.41, 5.74) is 0.668. The van der Waals surface area contributed by atoms with Crippen LogP contribution in [0.15, 0.2) is 18.3 Å². The number of hydrogen-bond donors (Lipinski definition) is 7. The molecule has 1 aliphatic rings. The summed E-state index contributed by atoms with van der Waals surface area (Å²) in [6.45, 7) is -1.27. The summed E-state index contributed by atoms with van der Waals surface area (Å²) in [4.78, 5) is 8.25. The molecule has 7 N–H and O–H groups in total. The van der Waals surface area contributed by atoms with Gasteiger partial charge in [-0.15, -0.1) is 0 Å². The predicted molar refractivity (Wildman–Crippen MR) is 106 cm³/mol. The van der Waals surface area contributed by atoms with Crippen molar-refractivity contribution in [3.05, 3.63) is 34.1 Å². The summed E-state index contributed by atoms with van der Waals surface area (Å²) in [6, 6.07) is 2.93. The zero-order chi connectivity index (χ0) is 22.9. The van der Waals surface area contributed by atoms with E-state index in [4.69, 9.17) is 32.7 Å². The smallest absolute Gasteiger partial charge is 0.186 e. The maximum atomic E-state index is 10.4. The molecule has 1 aromatic carbocycles. The molecule has 8 atom stereocenters. The predicted octanol–water partition coefficient (Wildman–Crippen LogP) is -1.49. The molecule has 0 aliphatic carbocycles. The SMILES string of the molecule is OC[C@H]1O[C@H](OC[C@@H](O)[C@@H](O)[C@H](O)c2cnc3cc(Cl)c(Cl)cc3n2)[C@H](O)[C@@H](O)[C@@H]1O. The van der Waals surface area contributed by atoms with Crippen LogP contribution in [0, 0.1) is 0 Å². The standard InChI is InChI=1S/C18H22Cl2N2O9/c19-6-1-8-9(2-7(6)20)22-10(3-21-8)13(25)14(26)11(24)5-30-18-17(29)16(28)15(27)12(4-23)31-18/h1-3,11-18,23-29H,4-5H2/t11-,12-,13-,14-,15-,16+,17-,18+/m1/s1. The molecule has 0 radical (unpaired) electrons. The number of fused-ring (bicyclic) bond motifs is 1. The van der Waals surface area contributed by atoms with E-state index in [0.29, 0.717) is 11.0 Å².